The Hall–Kier alpha value is -1.12. The van der Waals surface area contributed by atoms with Crippen LogP contribution in [0.1, 0.15) is 34.1 Å². The van der Waals surface area contributed by atoms with Gasteiger partial charge in [-0.25, -0.2) is 0 Å². The quantitative estimate of drug-likeness (QED) is 0.848. The number of hydrogen-bond acceptors (Lipinski definition) is 2. The normalized spacial score (nSPS) is 10.8. The molecule has 0 saturated carbocycles. The highest BCUT2D eigenvalue weighted by Gasteiger charge is 2.02. The van der Waals surface area contributed by atoms with Crippen molar-refractivity contribution in [1.82, 2.24) is 5.32 Å². The smallest absolute Gasteiger partial charge is 0.0305 e. The largest absolute Gasteiger partial charge is 0.308 e. The molecule has 1 aromatic heterocycles. The maximum Gasteiger partial charge on any atom is 0.0305 e. The summed E-state index contributed by atoms with van der Waals surface area (Å²) in [4.78, 5) is 1.47. The van der Waals surface area contributed by atoms with Crippen LogP contribution >= 0.6 is 11.3 Å². The molecule has 0 spiro atoms. The van der Waals surface area contributed by atoms with Gasteiger partial charge in [-0.1, -0.05) is 25.1 Å². The van der Waals surface area contributed by atoms with Gasteiger partial charge in [0.15, 0.2) is 0 Å². The second kappa shape index (κ2) is 6.17. The highest BCUT2D eigenvalue weighted by Crippen LogP contribution is 2.17. The Bertz CT molecular complexity index is 514. The van der Waals surface area contributed by atoms with Crippen molar-refractivity contribution in [2.45, 2.75) is 40.3 Å². The highest BCUT2D eigenvalue weighted by atomic mass is 32.1. The molecule has 2 heteroatoms. The molecule has 0 atom stereocenters. The van der Waals surface area contributed by atoms with Gasteiger partial charge < -0.3 is 5.32 Å². The second-order valence-electron chi connectivity index (χ2n) is 4.74. The van der Waals surface area contributed by atoms with Crippen LogP contribution in [-0.2, 0) is 19.5 Å². The fourth-order valence-corrected chi connectivity index (χ4v) is 3.02. The molecule has 1 N–H and O–H groups in total. The molecular weight excluding hydrogens is 238 g/mol. The number of rotatable bonds is 5. The van der Waals surface area contributed by atoms with Crippen molar-refractivity contribution in [1.29, 1.82) is 0 Å². The summed E-state index contributed by atoms with van der Waals surface area (Å²) in [5.74, 6) is 0. The zero-order valence-electron chi connectivity index (χ0n) is 11.4. The van der Waals surface area contributed by atoms with Gasteiger partial charge in [0.1, 0.15) is 0 Å². The van der Waals surface area contributed by atoms with E-state index in [0.29, 0.717) is 0 Å². The lowest BCUT2D eigenvalue weighted by molar-refractivity contribution is 0.696. The molecule has 0 amide bonds. The summed E-state index contributed by atoms with van der Waals surface area (Å²) < 4.78 is 0. The summed E-state index contributed by atoms with van der Waals surface area (Å²) in [6.07, 6.45) is 1.13. The van der Waals surface area contributed by atoms with Crippen molar-refractivity contribution in [3.05, 3.63) is 56.8 Å². The molecular formula is C16H21NS. The fourth-order valence-electron chi connectivity index (χ4n) is 2.07. The van der Waals surface area contributed by atoms with Crippen molar-refractivity contribution < 1.29 is 0 Å². The predicted octanol–water partition coefficient (Wildman–Crippen LogP) is 4.22. The van der Waals surface area contributed by atoms with Gasteiger partial charge in [0.2, 0.25) is 0 Å². The molecule has 0 aliphatic carbocycles. The minimum absolute atomic E-state index is 0.947. The minimum atomic E-state index is 0.947. The molecule has 0 unspecified atom stereocenters. The van der Waals surface area contributed by atoms with Crippen molar-refractivity contribution in [2.24, 2.45) is 0 Å². The van der Waals surface area contributed by atoms with Gasteiger partial charge in [0.25, 0.3) is 0 Å². The van der Waals surface area contributed by atoms with E-state index in [2.05, 4.69) is 55.7 Å². The van der Waals surface area contributed by atoms with Gasteiger partial charge in [-0.15, -0.1) is 11.3 Å². The van der Waals surface area contributed by atoms with Crippen LogP contribution in [0.4, 0.5) is 0 Å². The van der Waals surface area contributed by atoms with E-state index in [1.54, 1.807) is 0 Å². The number of hydrogen-bond donors (Lipinski definition) is 1. The Balaban J connectivity index is 1.90. The molecule has 96 valence electrons. The Kier molecular flexibility index (Phi) is 4.56. The Morgan fingerprint density at radius 3 is 2.61 bits per heavy atom. The summed E-state index contributed by atoms with van der Waals surface area (Å²) in [5.41, 5.74) is 5.59. The number of aryl methyl sites for hydroxylation is 3. The van der Waals surface area contributed by atoms with Gasteiger partial charge in [0.05, 0.1) is 0 Å². The van der Waals surface area contributed by atoms with Crippen molar-refractivity contribution in [2.75, 3.05) is 0 Å². The third-order valence-electron chi connectivity index (χ3n) is 3.40. The van der Waals surface area contributed by atoms with Gasteiger partial charge in [-0.2, -0.15) is 0 Å². The summed E-state index contributed by atoms with van der Waals surface area (Å²) >= 11 is 1.85. The number of benzene rings is 1. The Labute approximate surface area is 114 Å². The van der Waals surface area contributed by atoms with Crippen LogP contribution in [-0.4, -0.2) is 0 Å². The molecule has 1 nitrogen and oxygen atoms in total. The topological polar surface area (TPSA) is 12.0 Å². The van der Waals surface area contributed by atoms with Gasteiger partial charge >= 0.3 is 0 Å². The summed E-state index contributed by atoms with van der Waals surface area (Å²) in [5, 5.41) is 5.72. The summed E-state index contributed by atoms with van der Waals surface area (Å²) in [7, 11) is 0. The molecule has 0 saturated heterocycles. The first-order chi connectivity index (χ1) is 8.70. The van der Waals surface area contributed by atoms with E-state index in [0.717, 1.165) is 19.5 Å². The summed E-state index contributed by atoms with van der Waals surface area (Å²) in [6, 6.07) is 8.93. The van der Waals surface area contributed by atoms with E-state index in [-0.39, 0.29) is 0 Å². The van der Waals surface area contributed by atoms with Crippen LogP contribution in [0, 0.1) is 13.8 Å². The first-order valence-electron chi connectivity index (χ1n) is 6.52. The standard InChI is InChI=1S/C16H21NS/c1-4-15-7-8-18-16(15)11-17-10-14-6-5-12(2)13(3)9-14/h5-9,17H,4,10-11H2,1-3H3. The monoisotopic (exact) mass is 259 g/mol. The average Bonchev–Trinajstić information content (AvgIpc) is 2.81. The third-order valence-corrected chi connectivity index (χ3v) is 4.37. The lowest BCUT2D eigenvalue weighted by Crippen LogP contribution is -2.12. The van der Waals surface area contributed by atoms with E-state index >= 15 is 0 Å². The zero-order valence-corrected chi connectivity index (χ0v) is 12.2. The van der Waals surface area contributed by atoms with Crippen LogP contribution in [0.3, 0.4) is 0 Å². The maximum atomic E-state index is 3.54. The second-order valence-corrected chi connectivity index (χ2v) is 5.75. The molecule has 2 rings (SSSR count). The molecule has 0 aliphatic heterocycles. The lowest BCUT2D eigenvalue weighted by Gasteiger charge is -2.07. The number of thiophene rings is 1. The molecule has 1 heterocycles. The van der Waals surface area contributed by atoms with E-state index in [9.17, 15) is 0 Å². The van der Waals surface area contributed by atoms with Gasteiger partial charge in [-0.05, 0) is 54.0 Å². The van der Waals surface area contributed by atoms with Crippen LogP contribution < -0.4 is 5.32 Å². The van der Waals surface area contributed by atoms with Crippen LogP contribution in [0.25, 0.3) is 0 Å². The Morgan fingerprint density at radius 2 is 1.89 bits per heavy atom. The fraction of sp³-hybridized carbons (Fsp3) is 0.375. The molecule has 18 heavy (non-hydrogen) atoms. The van der Waals surface area contributed by atoms with Crippen LogP contribution in [0.2, 0.25) is 0 Å². The van der Waals surface area contributed by atoms with Gasteiger partial charge in [-0.3, -0.25) is 0 Å². The molecule has 0 aliphatic rings. The van der Waals surface area contributed by atoms with Crippen molar-refractivity contribution >= 4 is 11.3 Å². The van der Waals surface area contributed by atoms with E-state index in [4.69, 9.17) is 0 Å². The molecule has 0 bridgehead atoms. The number of nitrogens with one attached hydrogen (secondary N) is 1. The molecule has 2 aromatic rings. The van der Waals surface area contributed by atoms with Crippen LogP contribution in [0.15, 0.2) is 29.6 Å². The molecule has 1 aromatic carbocycles. The van der Waals surface area contributed by atoms with Crippen LogP contribution in [0.5, 0.6) is 0 Å². The first kappa shape index (κ1) is 13.3. The predicted molar refractivity (Wildman–Crippen MR) is 80.2 cm³/mol. The van der Waals surface area contributed by atoms with Gasteiger partial charge in [0, 0.05) is 18.0 Å². The van der Waals surface area contributed by atoms with E-state index < -0.39 is 0 Å². The SMILES string of the molecule is CCc1ccsc1CNCc1ccc(C)c(C)c1. The highest BCUT2D eigenvalue weighted by molar-refractivity contribution is 7.10. The van der Waals surface area contributed by atoms with E-state index in [1.807, 2.05) is 11.3 Å². The lowest BCUT2D eigenvalue weighted by atomic mass is 10.1. The summed E-state index contributed by atoms with van der Waals surface area (Å²) in [6.45, 7) is 8.48. The third kappa shape index (κ3) is 3.21. The molecule has 0 radical (unpaired) electrons. The minimum Gasteiger partial charge on any atom is -0.308 e. The maximum absolute atomic E-state index is 3.54. The zero-order chi connectivity index (χ0) is 13.0. The Morgan fingerprint density at radius 1 is 1.06 bits per heavy atom. The van der Waals surface area contributed by atoms with Crippen molar-refractivity contribution in [3.63, 3.8) is 0 Å². The first-order valence-corrected chi connectivity index (χ1v) is 7.40. The van der Waals surface area contributed by atoms with E-state index in [1.165, 1.54) is 27.1 Å². The average molecular weight is 259 g/mol. The molecule has 0 fully saturated rings. The van der Waals surface area contributed by atoms with Crippen molar-refractivity contribution in [3.8, 4) is 0 Å².